The van der Waals surface area contributed by atoms with Crippen molar-refractivity contribution in [2.75, 3.05) is 11.9 Å². The van der Waals surface area contributed by atoms with Gasteiger partial charge in [0.15, 0.2) is 5.13 Å². The number of aliphatic carboxylic acids is 1. The van der Waals surface area contributed by atoms with Gasteiger partial charge in [0.25, 0.3) is 0 Å². The number of halogens is 1. The fourth-order valence-electron chi connectivity index (χ4n) is 2.81. The van der Waals surface area contributed by atoms with Crippen molar-refractivity contribution in [2.45, 2.75) is 12.8 Å². The number of rotatable bonds is 7. The van der Waals surface area contributed by atoms with Crippen molar-refractivity contribution in [1.29, 1.82) is 0 Å². The molecule has 8 heteroatoms. The summed E-state index contributed by atoms with van der Waals surface area (Å²) in [6.07, 6.45) is 1.60. The molecule has 28 heavy (non-hydrogen) atoms. The Morgan fingerprint density at radius 3 is 2.64 bits per heavy atom. The first-order chi connectivity index (χ1) is 13.5. The van der Waals surface area contributed by atoms with Crippen LogP contribution in [0.15, 0.2) is 54.0 Å². The summed E-state index contributed by atoms with van der Waals surface area (Å²) in [6.45, 7) is 0. The molecule has 1 atom stereocenters. The molecule has 2 aromatic heterocycles. The summed E-state index contributed by atoms with van der Waals surface area (Å²) in [4.78, 5) is 34.4. The van der Waals surface area contributed by atoms with E-state index >= 15 is 0 Å². The minimum absolute atomic E-state index is 0.249. The zero-order valence-electron chi connectivity index (χ0n) is 15.1. The molecule has 0 saturated heterocycles. The van der Waals surface area contributed by atoms with Gasteiger partial charge >= 0.3 is 5.97 Å². The number of carboxylic acid groups (broad SMARTS) is 1. The smallest absolute Gasteiger partial charge is 0.304 e. The molecule has 3 rings (SSSR count). The van der Waals surface area contributed by atoms with Crippen LogP contribution in [-0.2, 0) is 16.0 Å². The summed E-state index contributed by atoms with van der Waals surface area (Å²) in [7, 11) is 1.60. The first-order valence-corrected chi connectivity index (χ1v) is 9.81. The number of amides is 1. The average molecular weight is 416 g/mol. The van der Waals surface area contributed by atoms with Gasteiger partial charge in [0.05, 0.1) is 18.0 Å². The molecule has 1 amide bonds. The summed E-state index contributed by atoms with van der Waals surface area (Å²) in [5.41, 5.74) is 2.12. The van der Waals surface area contributed by atoms with E-state index in [-0.39, 0.29) is 18.7 Å². The largest absolute Gasteiger partial charge is 0.481 e. The molecular formula is C20H18ClN3O3S. The van der Waals surface area contributed by atoms with Gasteiger partial charge in [-0.3, -0.25) is 19.5 Å². The third-order valence-corrected chi connectivity index (χ3v) is 5.46. The number of anilines is 1. The number of pyridine rings is 1. The third kappa shape index (κ3) is 4.74. The molecule has 1 aromatic carbocycles. The summed E-state index contributed by atoms with van der Waals surface area (Å²) in [5, 5.41) is 12.1. The molecule has 2 heterocycles. The Bertz CT molecular complexity index is 978. The molecule has 0 aliphatic carbocycles. The highest BCUT2D eigenvalue weighted by atomic mass is 35.5. The minimum atomic E-state index is -1.03. The van der Waals surface area contributed by atoms with Crippen LogP contribution in [0.4, 0.5) is 5.13 Å². The van der Waals surface area contributed by atoms with E-state index in [1.165, 1.54) is 16.2 Å². The number of aromatic nitrogens is 2. The maximum atomic E-state index is 13.0. The van der Waals surface area contributed by atoms with Gasteiger partial charge in [-0.05, 0) is 18.2 Å². The highest BCUT2D eigenvalue weighted by Gasteiger charge is 2.27. The van der Waals surface area contributed by atoms with E-state index in [4.69, 9.17) is 11.6 Å². The monoisotopic (exact) mass is 415 g/mol. The molecule has 0 spiro atoms. The fourth-order valence-corrected chi connectivity index (χ4v) is 3.84. The van der Waals surface area contributed by atoms with Crippen molar-refractivity contribution in [2.24, 2.45) is 5.92 Å². The number of carbonyl (C=O) groups excluding carboxylic acids is 1. The summed E-state index contributed by atoms with van der Waals surface area (Å²) < 4.78 is 0. The second-order valence-corrected chi connectivity index (χ2v) is 7.46. The Morgan fingerprint density at radius 1 is 1.21 bits per heavy atom. The lowest BCUT2D eigenvalue weighted by molar-refractivity contribution is -0.140. The van der Waals surface area contributed by atoms with Gasteiger partial charge in [-0.25, -0.2) is 4.98 Å². The molecular weight excluding hydrogens is 398 g/mol. The maximum absolute atomic E-state index is 13.0. The highest BCUT2D eigenvalue weighted by molar-refractivity contribution is 7.14. The summed E-state index contributed by atoms with van der Waals surface area (Å²) in [5.74, 6) is -2.07. The van der Waals surface area contributed by atoms with Crippen molar-refractivity contribution in [3.05, 3.63) is 64.8 Å². The standard InChI is InChI=1S/C20H18ClN3O3S/c1-24(20-23-17(12-28-20)15-7-2-3-8-16(15)21)19(27)13(11-18(25)26)10-14-6-4-5-9-22-14/h2-9,12-13H,10-11H2,1H3,(H,25,26)/t13-/m1/s1. The lowest BCUT2D eigenvalue weighted by Gasteiger charge is -2.20. The van der Waals surface area contributed by atoms with E-state index in [2.05, 4.69) is 9.97 Å². The SMILES string of the molecule is CN(C(=O)[C@@H](CC(=O)O)Cc1ccccn1)c1nc(-c2ccccc2Cl)cs1. The van der Waals surface area contributed by atoms with Gasteiger partial charge in [-0.1, -0.05) is 35.9 Å². The number of hydrogen-bond acceptors (Lipinski definition) is 5. The molecule has 0 aliphatic heterocycles. The van der Waals surface area contributed by atoms with Crippen LogP contribution in [0.1, 0.15) is 12.1 Å². The normalized spacial score (nSPS) is 11.8. The van der Waals surface area contributed by atoms with E-state index in [1.807, 2.05) is 29.6 Å². The Kier molecular flexibility index (Phi) is 6.38. The van der Waals surface area contributed by atoms with Crippen LogP contribution < -0.4 is 4.90 Å². The van der Waals surface area contributed by atoms with Gasteiger partial charge in [0.1, 0.15) is 0 Å². The van der Waals surface area contributed by atoms with Crippen LogP contribution in [-0.4, -0.2) is 34.0 Å². The highest BCUT2D eigenvalue weighted by Crippen LogP contribution is 2.32. The number of carboxylic acids is 1. The van der Waals surface area contributed by atoms with E-state index in [9.17, 15) is 14.7 Å². The van der Waals surface area contributed by atoms with Crippen molar-refractivity contribution in [1.82, 2.24) is 9.97 Å². The Hall–Kier alpha value is -2.77. The molecule has 0 radical (unpaired) electrons. The average Bonchev–Trinajstić information content (AvgIpc) is 3.17. The molecule has 0 aliphatic rings. The summed E-state index contributed by atoms with van der Waals surface area (Å²) >= 11 is 7.52. The first-order valence-electron chi connectivity index (χ1n) is 8.55. The van der Waals surface area contributed by atoms with Crippen molar-refractivity contribution < 1.29 is 14.7 Å². The maximum Gasteiger partial charge on any atom is 0.304 e. The molecule has 144 valence electrons. The Labute approximate surface area is 171 Å². The Balaban J connectivity index is 1.81. The predicted molar refractivity (Wildman–Crippen MR) is 110 cm³/mol. The number of carbonyl (C=O) groups is 2. The second-order valence-electron chi connectivity index (χ2n) is 6.21. The molecule has 0 saturated carbocycles. The van der Waals surface area contributed by atoms with Crippen LogP contribution in [0, 0.1) is 5.92 Å². The van der Waals surface area contributed by atoms with Gasteiger partial charge < -0.3 is 5.11 Å². The van der Waals surface area contributed by atoms with Crippen molar-refractivity contribution >= 4 is 39.9 Å². The van der Waals surface area contributed by atoms with E-state index < -0.39 is 11.9 Å². The van der Waals surface area contributed by atoms with E-state index in [1.54, 1.807) is 31.4 Å². The molecule has 6 nitrogen and oxygen atoms in total. The van der Waals surface area contributed by atoms with Crippen LogP contribution >= 0.6 is 22.9 Å². The number of benzene rings is 1. The second kappa shape index (κ2) is 8.95. The molecule has 3 aromatic rings. The number of thiazole rings is 1. The van der Waals surface area contributed by atoms with E-state index in [0.717, 1.165) is 5.56 Å². The number of hydrogen-bond donors (Lipinski definition) is 1. The van der Waals surface area contributed by atoms with Crippen molar-refractivity contribution in [3.8, 4) is 11.3 Å². The topological polar surface area (TPSA) is 83.4 Å². The van der Waals surface area contributed by atoms with Crippen LogP contribution in [0.2, 0.25) is 5.02 Å². The zero-order valence-corrected chi connectivity index (χ0v) is 16.7. The lowest BCUT2D eigenvalue weighted by atomic mass is 9.97. The van der Waals surface area contributed by atoms with Gasteiger partial charge in [-0.2, -0.15) is 0 Å². The van der Waals surface area contributed by atoms with Crippen LogP contribution in [0.3, 0.4) is 0 Å². The quantitative estimate of drug-likeness (QED) is 0.626. The third-order valence-electron chi connectivity index (χ3n) is 4.21. The molecule has 0 fully saturated rings. The van der Waals surface area contributed by atoms with E-state index in [0.29, 0.717) is 21.5 Å². The first kappa shape index (κ1) is 20.0. The van der Waals surface area contributed by atoms with Crippen LogP contribution in [0.25, 0.3) is 11.3 Å². The molecule has 0 bridgehead atoms. The Morgan fingerprint density at radius 2 is 1.96 bits per heavy atom. The number of nitrogens with zero attached hydrogens (tertiary/aromatic N) is 3. The zero-order chi connectivity index (χ0) is 20.1. The summed E-state index contributed by atoms with van der Waals surface area (Å²) in [6, 6.07) is 12.7. The van der Waals surface area contributed by atoms with Crippen molar-refractivity contribution in [3.63, 3.8) is 0 Å². The minimum Gasteiger partial charge on any atom is -0.481 e. The van der Waals surface area contributed by atoms with Crippen LogP contribution in [0.5, 0.6) is 0 Å². The predicted octanol–water partition coefficient (Wildman–Crippen LogP) is 4.15. The molecule has 1 N–H and O–H groups in total. The van der Waals surface area contributed by atoms with Gasteiger partial charge in [0, 0.05) is 41.3 Å². The molecule has 0 unspecified atom stereocenters. The van der Waals surface area contributed by atoms with Gasteiger partial charge in [0.2, 0.25) is 5.91 Å². The van der Waals surface area contributed by atoms with Gasteiger partial charge in [-0.15, -0.1) is 11.3 Å². The lowest BCUT2D eigenvalue weighted by Crippen LogP contribution is -2.35. The fraction of sp³-hybridized carbons (Fsp3) is 0.200.